The van der Waals surface area contributed by atoms with E-state index in [1.54, 1.807) is 32.9 Å². The summed E-state index contributed by atoms with van der Waals surface area (Å²) in [7, 11) is 0. The molecule has 0 fully saturated rings. The predicted molar refractivity (Wildman–Crippen MR) is 120 cm³/mol. The minimum Gasteiger partial charge on any atom is -0.493 e. The van der Waals surface area contributed by atoms with Gasteiger partial charge in [0.25, 0.3) is 0 Å². The number of benzene rings is 1. The van der Waals surface area contributed by atoms with Gasteiger partial charge >= 0.3 is 6.18 Å². The maximum absolute atomic E-state index is 14.0. The molecule has 3 rings (SSSR count). The third-order valence-corrected chi connectivity index (χ3v) is 5.62. The monoisotopic (exact) mass is 457 g/mol. The van der Waals surface area contributed by atoms with Crippen LogP contribution in [-0.2, 0) is 11.6 Å². The summed E-state index contributed by atoms with van der Waals surface area (Å²) in [5, 5.41) is 19.6. The molecule has 0 aliphatic heterocycles. The number of hydrogen-bond donors (Lipinski definition) is 1. The zero-order valence-corrected chi connectivity index (χ0v) is 19.0. The van der Waals surface area contributed by atoms with Crippen LogP contribution in [0.15, 0.2) is 30.5 Å². The van der Waals surface area contributed by atoms with Gasteiger partial charge in [-0.25, -0.2) is 9.97 Å². The highest BCUT2D eigenvalue weighted by Crippen LogP contribution is 2.42. The van der Waals surface area contributed by atoms with Gasteiger partial charge in [-0.1, -0.05) is 33.3 Å². The predicted octanol–water partition coefficient (Wildman–Crippen LogP) is 5.94. The van der Waals surface area contributed by atoms with E-state index in [0.717, 1.165) is 18.9 Å². The second-order valence-corrected chi connectivity index (χ2v) is 8.63. The maximum atomic E-state index is 14.0. The summed E-state index contributed by atoms with van der Waals surface area (Å²) in [6.07, 6.45) is -1.49. The highest BCUT2D eigenvalue weighted by molar-refractivity contribution is 5.91. The average molecular weight is 457 g/mol. The van der Waals surface area contributed by atoms with Gasteiger partial charge in [0.15, 0.2) is 5.69 Å². The number of rotatable bonds is 7. The van der Waals surface area contributed by atoms with Gasteiger partial charge in [-0.15, -0.1) is 0 Å². The Morgan fingerprint density at radius 2 is 1.88 bits per heavy atom. The number of nitriles is 1. The number of ether oxygens (including phenoxy) is 1. The van der Waals surface area contributed by atoms with E-state index in [1.165, 1.54) is 12.3 Å². The zero-order chi connectivity index (χ0) is 24.4. The van der Waals surface area contributed by atoms with Gasteiger partial charge in [-0.05, 0) is 36.6 Å². The SMILES string of the molecule is CCCCOc1cc(-c2cc(C(F)(F)F)c(C(C)(C)CO)cc2C)nc2ccnc(C#N)c12. The molecule has 8 heteroatoms. The minimum absolute atomic E-state index is 0.0231. The number of unbranched alkanes of at least 4 members (excludes halogenated alkanes) is 1. The van der Waals surface area contributed by atoms with Crippen molar-refractivity contribution < 1.29 is 23.0 Å². The van der Waals surface area contributed by atoms with E-state index in [9.17, 15) is 23.5 Å². The zero-order valence-electron chi connectivity index (χ0n) is 19.0. The molecule has 5 nitrogen and oxygen atoms in total. The van der Waals surface area contributed by atoms with Crippen LogP contribution in [0.5, 0.6) is 5.75 Å². The molecule has 3 aromatic rings. The van der Waals surface area contributed by atoms with E-state index in [-0.39, 0.29) is 11.3 Å². The van der Waals surface area contributed by atoms with E-state index in [2.05, 4.69) is 9.97 Å². The third kappa shape index (κ3) is 4.93. The van der Waals surface area contributed by atoms with Crippen LogP contribution in [0.25, 0.3) is 22.2 Å². The lowest BCUT2D eigenvalue weighted by Crippen LogP contribution is -2.27. The lowest BCUT2D eigenvalue weighted by molar-refractivity contribution is -0.138. The molecule has 0 bridgehead atoms. The van der Waals surface area contributed by atoms with E-state index in [1.807, 2.05) is 13.0 Å². The molecule has 0 aliphatic carbocycles. The molecule has 0 atom stereocenters. The average Bonchev–Trinajstić information content (AvgIpc) is 2.77. The number of fused-ring (bicyclic) bond motifs is 1. The largest absolute Gasteiger partial charge is 0.493 e. The summed E-state index contributed by atoms with van der Waals surface area (Å²) in [6.45, 7) is 6.83. The van der Waals surface area contributed by atoms with Crippen molar-refractivity contribution in [3.63, 3.8) is 0 Å². The van der Waals surface area contributed by atoms with Crippen LogP contribution in [0.2, 0.25) is 0 Å². The van der Waals surface area contributed by atoms with Gasteiger partial charge in [-0.3, -0.25) is 0 Å². The molecule has 2 heterocycles. The molecule has 0 amide bonds. The van der Waals surface area contributed by atoms with Gasteiger partial charge < -0.3 is 9.84 Å². The van der Waals surface area contributed by atoms with Crippen LogP contribution in [-0.4, -0.2) is 28.3 Å². The van der Waals surface area contributed by atoms with Crippen LogP contribution in [0.3, 0.4) is 0 Å². The molecule has 0 saturated heterocycles. The number of alkyl halides is 3. The summed E-state index contributed by atoms with van der Waals surface area (Å²) in [6, 6.07) is 7.75. The standard InChI is InChI=1S/C25H26F3N3O2/c1-5-6-9-33-22-12-20(31-19-7-8-30-21(13-29)23(19)22)16-11-18(25(26,27)28)17(10-15(16)2)24(3,4)14-32/h7-8,10-12,32H,5-6,9,14H2,1-4H3. The topological polar surface area (TPSA) is 79.0 Å². The molecule has 0 saturated carbocycles. The Balaban J connectivity index is 2.29. The smallest absolute Gasteiger partial charge is 0.416 e. The second-order valence-electron chi connectivity index (χ2n) is 8.63. The fourth-order valence-corrected chi connectivity index (χ4v) is 3.67. The fourth-order valence-electron chi connectivity index (χ4n) is 3.67. The number of aliphatic hydroxyl groups excluding tert-OH is 1. The summed E-state index contributed by atoms with van der Waals surface area (Å²) >= 11 is 0. The summed E-state index contributed by atoms with van der Waals surface area (Å²) in [4.78, 5) is 8.63. The van der Waals surface area contributed by atoms with Crippen molar-refractivity contribution in [2.75, 3.05) is 13.2 Å². The number of nitrogens with zero attached hydrogens (tertiary/aromatic N) is 3. The molecule has 0 aliphatic rings. The number of aryl methyl sites for hydroxylation is 1. The van der Waals surface area contributed by atoms with Crippen molar-refractivity contribution in [2.45, 2.75) is 52.1 Å². The first kappa shape index (κ1) is 24.5. The van der Waals surface area contributed by atoms with Gasteiger partial charge in [0.2, 0.25) is 0 Å². The number of pyridine rings is 2. The summed E-state index contributed by atoms with van der Waals surface area (Å²) in [5.74, 6) is 0.362. The summed E-state index contributed by atoms with van der Waals surface area (Å²) < 4.78 is 47.9. The molecular formula is C25H26F3N3O2. The van der Waals surface area contributed by atoms with Crippen molar-refractivity contribution in [3.05, 3.63) is 52.8 Å². The van der Waals surface area contributed by atoms with Crippen molar-refractivity contribution in [2.24, 2.45) is 0 Å². The number of aromatic nitrogens is 2. The van der Waals surface area contributed by atoms with Crippen molar-refractivity contribution in [1.29, 1.82) is 5.26 Å². The Hall–Kier alpha value is -3.18. The minimum atomic E-state index is -4.61. The maximum Gasteiger partial charge on any atom is 0.416 e. The highest BCUT2D eigenvalue weighted by atomic mass is 19.4. The Kier molecular flexibility index (Phi) is 6.94. The van der Waals surface area contributed by atoms with E-state index >= 15 is 0 Å². The molecule has 0 radical (unpaired) electrons. The van der Waals surface area contributed by atoms with Gasteiger partial charge in [-0.2, -0.15) is 18.4 Å². The van der Waals surface area contributed by atoms with Crippen LogP contribution in [0.4, 0.5) is 13.2 Å². The van der Waals surface area contributed by atoms with Crippen LogP contribution < -0.4 is 4.74 Å². The summed E-state index contributed by atoms with van der Waals surface area (Å²) in [5.41, 5.74) is -0.116. The Labute approximate surface area is 190 Å². The Morgan fingerprint density at radius 1 is 1.15 bits per heavy atom. The molecule has 0 spiro atoms. The number of hydrogen-bond acceptors (Lipinski definition) is 5. The normalized spacial score (nSPS) is 12.1. The third-order valence-electron chi connectivity index (χ3n) is 5.62. The van der Waals surface area contributed by atoms with E-state index < -0.39 is 23.8 Å². The fraction of sp³-hybridized carbons (Fsp3) is 0.400. The van der Waals surface area contributed by atoms with Gasteiger partial charge in [0.1, 0.15) is 11.8 Å². The van der Waals surface area contributed by atoms with E-state index in [0.29, 0.717) is 40.1 Å². The van der Waals surface area contributed by atoms with Crippen LogP contribution in [0, 0.1) is 18.3 Å². The van der Waals surface area contributed by atoms with Crippen molar-refractivity contribution in [1.82, 2.24) is 9.97 Å². The first-order chi connectivity index (χ1) is 15.5. The quantitative estimate of drug-likeness (QED) is 0.444. The van der Waals surface area contributed by atoms with Crippen LogP contribution >= 0.6 is 0 Å². The van der Waals surface area contributed by atoms with Gasteiger partial charge in [0.05, 0.1) is 35.4 Å². The second kappa shape index (κ2) is 9.36. The van der Waals surface area contributed by atoms with Gasteiger partial charge in [0, 0.05) is 23.2 Å². The molecule has 1 N–H and O–H groups in total. The molecule has 0 unspecified atom stereocenters. The highest BCUT2D eigenvalue weighted by Gasteiger charge is 2.38. The van der Waals surface area contributed by atoms with E-state index in [4.69, 9.17) is 4.74 Å². The first-order valence-corrected chi connectivity index (χ1v) is 10.7. The van der Waals surface area contributed by atoms with Crippen molar-refractivity contribution in [3.8, 4) is 23.1 Å². The molecule has 1 aromatic carbocycles. The van der Waals surface area contributed by atoms with Crippen molar-refractivity contribution >= 4 is 10.9 Å². The number of halogens is 3. The lowest BCUT2D eigenvalue weighted by Gasteiger charge is -2.28. The molecule has 174 valence electrons. The number of aliphatic hydroxyl groups is 1. The van der Waals surface area contributed by atoms with Crippen LogP contribution in [0.1, 0.15) is 56.0 Å². The Bertz CT molecular complexity index is 1210. The molecular weight excluding hydrogens is 431 g/mol. The molecule has 33 heavy (non-hydrogen) atoms. The molecule has 2 aromatic heterocycles. The Morgan fingerprint density at radius 3 is 2.48 bits per heavy atom. The lowest BCUT2D eigenvalue weighted by atomic mass is 9.80. The first-order valence-electron chi connectivity index (χ1n) is 10.7.